The molecule has 3 aliphatic rings. The molecule has 3 aliphatic heterocycles. The maximum atomic E-state index is 14.1. The highest BCUT2D eigenvalue weighted by molar-refractivity contribution is 5.74. The van der Waals surface area contributed by atoms with Crippen LogP contribution in [0.25, 0.3) is 0 Å². The van der Waals surface area contributed by atoms with Crippen LogP contribution in [0.1, 0.15) is 80.2 Å². The number of pyridine rings is 1. The minimum atomic E-state index is -1.57. The summed E-state index contributed by atoms with van der Waals surface area (Å²) in [6.07, 6.45) is -1.10. The zero-order valence-electron chi connectivity index (χ0n) is 31.6. The Kier molecular flexibility index (Phi) is 13.3. The Labute approximate surface area is 297 Å². The number of ether oxygens (including phenoxy) is 5. The first-order valence-electron chi connectivity index (χ1n) is 18.3. The summed E-state index contributed by atoms with van der Waals surface area (Å²) in [6.45, 7) is 15.1. The van der Waals surface area contributed by atoms with Gasteiger partial charge in [0.15, 0.2) is 6.29 Å². The Balaban J connectivity index is 1.72. The van der Waals surface area contributed by atoms with E-state index >= 15 is 0 Å². The van der Waals surface area contributed by atoms with E-state index in [-0.39, 0.29) is 43.1 Å². The lowest BCUT2D eigenvalue weighted by molar-refractivity contribution is -0.299. The normalized spacial score (nSPS) is 42.9. The predicted octanol–water partition coefficient (Wildman–Crippen LogP) is 3.04. The van der Waals surface area contributed by atoms with Crippen LogP contribution in [0.5, 0.6) is 0 Å². The molecular formula is C37H62N4O9. The van der Waals surface area contributed by atoms with E-state index in [9.17, 15) is 19.8 Å². The van der Waals surface area contributed by atoms with Crippen LogP contribution in [0.15, 0.2) is 24.5 Å². The summed E-state index contributed by atoms with van der Waals surface area (Å²) in [7, 11) is 3.77. The highest BCUT2D eigenvalue weighted by Gasteiger charge is 2.57. The number of aliphatic hydroxyl groups is 2. The second kappa shape index (κ2) is 16.5. The predicted molar refractivity (Wildman–Crippen MR) is 187 cm³/mol. The number of cyclic esters (lactones) is 1. The van der Waals surface area contributed by atoms with Gasteiger partial charge >= 0.3 is 12.1 Å². The molecule has 0 aliphatic carbocycles. The first-order valence-corrected chi connectivity index (χ1v) is 18.3. The number of nitrogens with two attached hydrogens (primary N) is 1. The van der Waals surface area contributed by atoms with Crippen LogP contribution in [0.3, 0.4) is 0 Å². The summed E-state index contributed by atoms with van der Waals surface area (Å²) in [5.74, 6) is -2.66. The van der Waals surface area contributed by atoms with Crippen molar-refractivity contribution in [2.75, 3.05) is 20.6 Å². The summed E-state index contributed by atoms with van der Waals surface area (Å²) >= 11 is 0. The maximum absolute atomic E-state index is 14.1. The van der Waals surface area contributed by atoms with Gasteiger partial charge in [0.2, 0.25) is 0 Å². The number of likely N-dealkylation sites (N-methyl/N-ethyl adjacent to an activating group) is 1. The molecule has 2 bridgehead atoms. The van der Waals surface area contributed by atoms with E-state index in [0.29, 0.717) is 19.3 Å². The summed E-state index contributed by atoms with van der Waals surface area (Å²) in [5.41, 5.74) is 5.25. The molecule has 1 aromatic heterocycles. The van der Waals surface area contributed by atoms with Crippen molar-refractivity contribution in [1.82, 2.24) is 15.2 Å². The minimum Gasteiger partial charge on any atom is -0.459 e. The van der Waals surface area contributed by atoms with Crippen molar-refractivity contribution in [1.29, 1.82) is 0 Å². The Morgan fingerprint density at radius 1 is 1.14 bits per heavy atom. The molecule has 0 radical (unpaired) electrons. The number of carbonyl (C=O) groups is 2. The molecule has 2 unspecified atom stereocenters. The number of nitrogens with one attached hydrogen (secondary N) is 1. The van der Waals surface area contributed by atoms with Crippen molar-refractivity contribution >= 4 is 12.1 Å². The molecule has 0 aromatic carbocycles. The van der Waals surface area contributed by atoms with Gasteiger partial charge in [-0.15, -0.1) is 0 Å². The van der Waals surface area contributed by atoms with Crippen LogP contribution in [0.2, 0.25) is 0 Å². The largest absolute Gasteiger partial charge is 0.459 e. The number of amides is 1. The van der Waals surface area contributed by atoms with Crippen LogP contribution in [-0.2, 0) is 34.9 Å². The summed E-state index contributed by atoms with van der Waals surface area (Å²) in [4.78, 5) is 33.4. The smallest absolute Gasteiger partial charge is 0.407 e. The van der Waals surface area contributed by atoms with Gasteiger partial charge in [-0.1, -0.05) is 27.7 Å². The Hall–Kier alpha value is -2.39. The van der Waals surface area contributed by atoms with Crippen LogP contribution in [0.4, 0.5) is 4.79 Å². The maximum Gasteiger partial charge on any atom is 0.407 e. The Bertz CT molecular complexity index is 1270. The molecule has 4 heterocycles. The number of rotatable bonds is 8. The lowest BCUT2D eigenvalue weighted by Gasteiger charge is -2.47. The number of carbonyl (C=O) groups excluding carboxylic acids is 2. The van der Waals surface area contributed by atoms with Gasteiger partial charge in [-0.05, 0) is 91.1 Å². The molecule has 3 saturated heterocycles. The number of aliphatic hydroxyl groups excluding tert-OH is 1. The standard InChI is InChI=1S/C37H62N4O9/c1-11-27-37(8)31(38)22(4)29(50-37)20(2)19-36(7,45)32(49-34-28(42)26(41(9)10)18-21(3)46-34)23(5)30(24(6)33(43)47-27)48-35(44)40-17-14-25-12-15-39-16-13-25/h12-13,15-16,20-24,26-32,34,42,45H,11,14,17-19,38H2,1-10H3,(H,40,44)/t20-,21-,22+,23+,24-,26+,27-,28-,29+,30+,31+,32-,34?,36-,37?/m1/s1. The van der Waals surface area contributed by atoms with Crippen LogP contribution >= 0.6 is 0 Å². The molecule has 13 heteroatoms. The number of hydrogen-bond donors (Lipinski definition) is 4. The van der Waals surface area contributed by atoms with Crippen molar-refractivity contribution in [2.24, 2.45) is 29.4 Å². The van der Waals surface area contributed by atoms with Gasteiger partial charge < -0.3 is 49.8 Å². The number of fused-ring (bicyclic) bond motifs is 2. The Morgan fingerprint density at radius 3 is 2.42 bits per heavy atom. The van der Waals surface area contributed by atoms with E-state index < -0.39 is 71.8 Å². The third-order valence-corrected chi connectivity index (χ3v) is 11.4. The molecule has 13 nitrogen and oxygen atoms in total. The zero-order chi connectivity index (χ0) is 37.1. The minimum absolute atomic E-state index is 0.104. The zero-order valence-corrected chi connectivity index (χ0v) is 31.6. The topological polar surface area (TPSA) is 175 Å². The van der Waals surface area contributed by atoms with Crippen LogP contribution in [0, 0.1) is 23.7 Å². The third-order valence-electron chi connectivity index (χ3n) is 11.4. The van der Waals surface area contributed by atoms with E-state index in [4.69, 9.17) is 29.4 Å². The van der Waals surface area contributed by atoms with Crippen molar-refractivity contribution in [3.63, 3.8) is 0 Å². The van der Waals surface area contributed by atoms with Crippen LogP contribution < -0.4 is 11.1 Å². The van der Waals surface area contributed by atoms with Crippen LogP contribution in [-0.4, -0.2) is 119 Å². The average Bonchev–Trinajstić information content (AvgIpc) is 3.30. The van der Waals surface area contributed by atoms with Crippen molar-refractivity contribution in [3.8, 4) is 0 Å². The fourth-order valence-electron chi connectivity index (χ4n) is 8.50. The lowest BCUT2D eigenvalue weighted by atomic mass is 9.75. The Morgan fingerprint density at radius 2 is 1.80 bits per heavy atom. The fourth-order valence-corrected chi connectivity index (χ4v) is 8.50. The molecule has 1 aromatic rings. The molecule has 3 fully saturated rings. The summed E-state index contributed by atoms with van der Waals surface area (Å²) < 4.78 is 31.8. The van der Waals surface area contributed by atoms with E-state index in [0.717, 1.165) is 5.56 Å². The number of nitrogens with zero attached hydrogens (tertiary/aromatic N) is 2. The lowest BCUT2D eigenvalue weighted by Crippen LogP contribution is -2.59. The van der Waals surface area contributed by atoms with Crippen molar-refractivity contribution in [3.05, 3.63) is 30.1 Å². The number of aromatic nitrogens is 1. The summed E-state index contributed by atoms with van der Waals surface area (Å²) in [6, 6.07) is 3.02. The number of esters is 1. The summed E-state index contributed by atoms with van der Waals surface area (Å²) in [5, 5.41) is 26.7. The molecule has 0 saturated carbocycles. The van der Waals surface area contributed by atoms with E-state index in [1.807, 2.05) is 65.7 Å². The molecule has 284 valence electrons. The van der Waals surface area contributed by atoms with Gasteiger partial charge in [-0.25, -0.2) is 4.79 Å². The molecule has 1 amide bonds. The van der Waals surface area contributed by atoms with Crippen molar-refractivity contribution in [2.45, 2.75) is 147 Å². The van der Waals surface area contributed by atoms with E-state index in [1.165, 1.54) is 0 Å². The SMILES string of the molecule is CC[C@H]1OC(=O)[C@H](C)[C@@H](OC(=O)NCCc2ccncc2)[C@H](C)[C@@H](OC2O[C@H](C)C[C@H](N(C)C)[C@H]2O)[C@](C)(O)C[C@@H](C)[C@@H]2OC1(C)[C@@H](N)[C@H]2C. The van der Waals surface area contributed by atoms with E-state index in [2.05, 4.69) is 10.3 Å². The molecule has 50 heavy (non-hydrogen) atoms. The van der Waals surface area contributed by atoms with Crippen molar-refractivity contribution < 1.29 is 43.5 Å². The molecule has 0 spiro atoms. The highest BCUT2D eigenvalue weighted by atomic mass is 16.7. The van der Waals surface area contributed by atoms with Gasteiger partial charge in [0.25, 0.3) is 0 Å². The second-order valence-electron chi connectivity index (χ2n) is 15.7. The molecule has 4 rings (SSSR count). The van der Waals surface area contributed by atoms with Gasteiger partial charge in [0.05, 0.1) is 29.8 Å². The number of hydrogen-bond acceptors (Lipinski definition) is 12. The van der Waals surface area contributed by atoms with E-state index in [1.54, 1.807) is 33.2 Å². The fraction of sp³-hybridized carbons (Fsp3) is 0.811. The molecule has 15 atom stereocenters. The molecule has 5 N–H and O–H groups in total. The molecular weight excluding hydrogens is 644 g/mol. The second-order valence-corrected chi connectivity index (χ2v) is 15.7. The van der Waals surface area contributed by atoms with Gasteiger partial charge in [-0.3, -0.25) is 9.78 Å². The first-order chi connectivity index (χ1) is 23.4. The quantitative estimate of drug-likeness (QED) is 0.292. The van der Waals surface area contributed by atoms with Gasteiger partial charge in [0.1, 0.15) is 23.9 Å². The number of alkyl carbamates (subject to hydrolysis) is 1. The average molecular weight is 707 g/mol. The highest BCUT2D eigenvalue weighted by Crippen LogP contribution is 2.45. The monoisotopic (exact) mass is 706 g/mol. The van der Waals surface area contributed by atoms with Gasteiger partial charge in [-0.2, -0.15) is 0 Å². The first kappa shape index (κ1) is 40.4. The third kappa shape index (κ3) is 8.79. The van der Waals surface area contributed by atoms with Gasteiger partial charge in [0, 0.05) is 42.9 Å².